The summed E-state index contributed by atoms with van der Waals surface area (Å²) < 4.78 is 11.1. The van der Waals surface area contributed by atoms with Gasteiger partial charge in [0.05, 0.1) is 26.4 Å². The van der Waals surface area contributed by atoms with Crippen LogP contribution in [-0.2, 0) is 16.1 Å². The minimum Gasteiger partial charge on any atom is -0.378 e. The van der Waals surface area contributed by atoms with Crippen LogP contribution in [0.1, 0.15) is 5.56 Å². The van der Waals surface area contributed by atoms with Gasteiger partial charge in [0, 0.05) is 31.1 Å². The molecular weight excluding hydrogens is 276 g/mol. The lowest BCUT2D eigenvalue weighted by Gasteiger charge is -2.35. The number of nitrogens with two attached hydrogens (primary N) is 1. The fraction of sp³-hybridized carbons (Fsp3) is 0.600. The maximum Gasteiger partial charge on any atom is 0.0717 e. The first-order valence-electron chi connectivity index (χ1n) is 7.04. The van der Waals surface area contributed by atoms with E-state index < -0.39 is 0 Å². The lowest BCUT2D eigenvalue weighted by atomic mass is 10.2. The summed E-state index contributed by atoms with van der Waals surface area (Å²) in [5, 5.41) is 0. The highest BCUT2D eigenvalue weighted by Gasteiger charge is 2.23. The van der Waals surface area contributed by atoms with E-state index in [-0.39, 0.29) is 12.1 Å². The Kier molecular flexibility index (Phi) is 6.76. The van der Waals surface area contributed by atoms with E-state index in [0.29, 0.717) is 25.7 Å². The molecule has 1 aromatic carbocycles. The zero-order valence-electron chi connectivity index (χ0n) is 11.7. The van der Waals surface area contributed by atoms with Gasteiger partial charge in [-0.1, -0.05) is 30.3 Å². The first-order chi connectivity index (χ1) is 9.79. The van der Waals surface area contributed by atoms with Crippen LogP contribution in [-0.4, -0.2) is 55.8 Å². The van der Waals surface area contributed by atoms with Crippen LogP contribution < -0.4 is 5.73 Å². The van der Waals surface area contributed by atoms with Gasteiger partial charge in [0.25, 0.3) is 0 Å². The number of halogens is 1. The quantitative estimate of drug-likeness (QED) is 0.775. The lowest BCUT2D eigenvalue weighted by molar-refractivity contribution is -0.00728. The molecule has 1 heterocycles. The van der Waals surface area contributed by atoms with Crippen molar-refractivity contribution in [2.45, 2.75) is 18.7 Å². The number of rotatable bonds is 7. The van der Waals surface area contributed by atoms with Gasteiger partial charge in [0.2, 0.25) is 0 Å². The minimum atomic E-state index is 0.00234. The molecule has 112 valence electrons. The lowest BCUT2D eigenvalue weighted by Crippen LogP contribution is -2.51. The maximum absolute atomic E-state index is 6.14. The summed E-state index contributed by atoms with van der Waals surface area (Å²) >= 11 is 5.95. The molecular formula is C15H23ClN2O2. The largest absolute Gasteiger partial charge is 0.378 e. The predicted molar refractivity (Wildman–Crippen MR) is 81.0 cm³/mol. The zero-order chi connectivity index (χ0) is 14.2. The number of hydrogen-bond donors (Lipinski definition) is 1. The summed E-state index contributed by atoms with van der Waals surface area (Å²) in [5.74, 6) is 0.581. The predicted octanol–water partition coefficient (Wildman–Crippen LogP) is 1.47. The topological polar surface area (TPSA) is 47.7 Å². The highest BCUT2D eigenvalue weighted by atomic mass is 35.5. The Morgan fingerprint density at radius 1 is 1.40 bits per heavy atom. The standard InChI is InChI=1S/C15H23ClN2O2/c16-8-15-12-19-7-6-18(15)9-14(17)11-20-10-13-4-2-1-3-5-13/h1-5,14-15H,6-12,17H2/t14-,15-/m0/s1. The molecule has 0 unspecified atom stereocenters. The van der Waals surface area contributed by atoms with Gasteiger partial charge in [-0.25, -0.2) is 0 Å². The van der Waals surface area contributed by atoms with Gasteiger partial charge in [-0.05, 0) is 5.56 Å². The second kappa shape index (κ2) is 8.60. The van der Waals surface area contributed by atoms with Gasteiger partial charge in [0.1, 0.15) is 0 Å². The van der Waals surface area contributed by atoms with Crippen LogP contribution in [0.3, 0.4) is 0 Å². The number of benzene rings is 1. The van der Waals surface area contributed by atoms with Gasteiger partial charge in [0.15, 0.2) is 0 Å². The third kappa shape index (κ3) is 5.04. The Labute approximate surface area is 125 Å². The zero-order valence-corrected chi connectivity index (χ0v) is 12.5. The van der Waals surface area contributed by atoms with E-state index in [1.54, 1.807) is 0 Å². The molecule has 2 rings (SSSR count). The molecule has 5 heteroatoms. The number of alkyl halides is 1. The SMILES string of the molecule is N[C@H](COCc1ccccc1)CN1CCOC[C@@H]1CCl. The molecule has 1 aromatic rings. The first-order valence-corrected chi connectivity index (χ1v) is 7.58. The average Bonchev–Trinajstić information content (AvgIpc) is 2.49. The molecule has 0 spiro atoms. The average molecular weight is 299 g/mol. The van der Waals surface area contributed by atoms with Gasteiger partial charge in [-0.3, -0.25) is 4.90 Å². The van der Waals surface area contributed by atoms with Gasteiger partial charge in [-0.2, -0.15) is 0 Å². The van der Waals surface area contributed by atoms with Gasteiger partial charge >= 0.3 is 0 Å². The minimum absolute atomic E-state index is 0.00234. The van der Waals surface area contributed by atoms with Crippen molar-refractivity contribution in [1.29, 1.82) is 0 Å². The molecule has 1 fully saturated rings. The van der Waals surface area contributed by atoms with Crippen molar-refractivity contribution in [1.82, 2.24) is 4.90 Å². The van der Waals surface area contributed by atoms with Crippen LogP contribution in [0.4, 0.5) is 0 Å². The number of hydrogen-bond acceptors (Lipinski definition) is 4. The molecule has 0 aliphatic carbocycles. The summed E-state index contributed by atoms with van der Waals surface area (Å²) in [6.07, 6.45) is 0. The molecule has 2 N–H and O–H groups in total. The number of morpholine rings is 1. The molecule has 2 atom stereocenters. The molecule has 1 aliphatic heterocycles. The van der Waals surface area contributed by atoms with E-state index in [2.05, 4.69) is 17.0 Å². The van der Waals surface area contributed by atoms with Crippen molar-refractivity contribution in [2.75, 3.05) is 38.8 Å². The van der Waals surface area contributed by atoms with Crippen molar-refractivity contribution in [2.24, 2.45) is 5.73 Å². The summed E-state index contributed by atoms with van der Waals surface area (Å²) in [4.78, 5) is 2.30. The molecule has 0 aromatic heterocycles. The second-order valence-corrected chi connectivity index (χ2v) is 5.45. The van der Waals surface area contributed by atoms with E-state index in [1.165, 1.54) is 5.56 Å². The Hall–Kier alpha value is -0.650. The molecule has 0 saturated carbocycles. The summed E-state index contributed by atoms with van der Waals surface area (Å²) in [6, 6.07) is 10.4. The maximum atomic E-state index is 6.14. The molecule has 0 radical (unpaired) electrons. The van der Waals surface area contributed by atoms with Crippen molar-refractivity contribution < 1.29 is 9.47 Å². The van der Waals surface area contributed by atoms with Crippen LogP contribution in [0.15, 0.2) is 30.3 Å². The third-order valence-electron chi connectivity index (χ3n) is 3.44. The highest BCUT2D eigenvalue weighted by Crippen LogP contribution is 2.09. The Morgan fingerprint density at radius 2 is 2.20 bits per heavy atom. The van der Waals surface area contributed by atoms with Crippen molar-refractivity contribution >= 4 is 11.6 Å². The normalized spacial score (nSPS) is 21.8. The van der Waals surface area contributed by atoms with Crippen LogP contribution in [0.2, 0.25) is 0 Å². The molecule has 0 bridgehead atoms. The third-order valence-corrected chi connectivity index (χ3v) is 3.80. The van der Waals surface area contributed by atoms with Gasteiger partial charge < -0.3 is 15.2 Å². The fourth-order valence-electron chi connectivity index (χ4n) is 2.33. The Bertz CT molecular complexity index is 377. The van der Waals surface area contributed by atoms with E-state index >= 15 is 0 Å². The van der Waals surface area contributed by atoms with Crippen LogP contribution in [0.25, 0.3) is 0 Å². The van der Waals surface area contributed by atoms with Crippen molar-refractivity contribution in [3.05, 3.63) is 35.9 Å². The number of ether oxygens (including phenoxy) is 2. The Morgan fingerprint density at radius 3 is 2.95 bits per heavy atom. The molecule has 1 aliphatic rings. The number of nitrogens with zero attached hydrogens (tertiary/aromatic N) is 1. The van der Waals surface area contributed by atoms with E-state index in [9.17, 15) is 0 Å². The molecule has 1 saturated heterocycles. The highest BCUT2D eigenvalue weighted by molar-refractivity contribution is 6.18. The van der Waals surface area contributed by atoms with E-state index in [1.807, 2.05) is 18.2 Å². The van der Waals surface area contributed by atoms with Crippen LogP contribution in [0.5, 0.6) is 0 Å². The van der Waals surface area contributed by atoms with Gasteiger partial charge in [-0.15, -0.1) is 11.6 Å². The van der Waals surface area contributed by atoms with E-state index in [4.69, 9.17) is 26.8 Å². The monoisotopic (exact) mass is 298 g/mol. The molecule has 20 heavy (non-hydrogen) atoms. The Balaban J connectivity index is 1.68. The van der Waals surface area contributed by atoms with Crippen LogP contribution in [0, 0.1) is 0 Å². The smallest absolute Gasteiger partial charge is 0.0717 e. The summed E-state index contributed by atoms with van der Waals surface area (Å²) in [6.45, 7) is 4.31. The second-order valence-electron chi connectivity index (χ2n) is 5.14. The first kappa shape index (κ1) is 15.7. The van der Waals surface area contributed by atoms with Crippen LogP contribution >= 0.6 is 11.6 Å². The summed E-state index contributed by atoms with van der Waals surface area (Å²) in [5.41, 5.74) is 7.31. The molecule has 0 amide bonds. The van der Waals surface area contributed by atoms with Crippen molar-refractivity contribution in [3.8, 4) is 0 Å². The fourth-order valence-corrected chi connectivity index (χ4v) is 2.61. The molecule has 4 nitrogen and oxygen atoms in total. The van der Waals surface area contributed by atoms with Crippen molar-refractivity contribution in [3.63, 3.8) is 0 Å². The summed E-state index contributed by atoms with van der Waals surface area (Å²) in [7, 11) is 0. The van der Waals surface area contributed by atoms with E-state index in [0.717, 1.165) is 19.7 Å².